The van der Waals surface area contributed by atoms with Crippen LogP contribution in [0.25, 0.3) is 0 Å². The molecule has 0 spiro atoms. The van der Waals surface area contributed by atoms with Crippen molar-refractivity contribution in [3.8, 4) is 0 Å². The van der Waals surface area contributed by atoms with Crippen molar-refractivity contribution in [2.75, 3.05) is 20.6 Å². The Morgan fingerprint density at radius 2 is 1.89 bits per heavy atom. The minimum Gasteiger partial charge on any atom is -0.356 e. The highest BCUT2D eigenvalue weighted by molar-refractivity contribution is 5.93. The minimum atomic E-state index is -0.193. The van der Waals surface area contributed by atoms with Crippen LogP contribution in [0.4, 0.5) is 4.39 Å². The molecule has 0 radical (unpaired) electrons. The van der Waals surface area contributed by atoms with Crippen LogP contribution >= 0.6 is 0 Å². The average Bonchev–Trinajstić information content (AvgIpc) is 3.49. The van der Waals surface area contributed by atoms with E-state index < -0.39 is 0 Å². The summed E-state index contributed by atoms with van der Waals surface area (Å²) in [7, 11) is 3.34. The van der Waals surface area contributed by atoms with Gasteiger partial charge in [-0.3, -0.25) is 9.79 Å². The number of halogens is 1. The Balaban J connectivity index is 1.53. The summed E-state index contributed by atoms with van der Waals surface area (Å²) in [4.78, 5) is 15.8. The highest BCUT2D eigenvalue weighted by Crippen LogP contribution is 2.47. The van der Waals surface area contributed by atoms with E-state index in [2.05, 4.69) is 20.9 Å². The highest BCUT2D eigenvalue weighted by Gasteiger charge is 2.44. The monoisotopic (exact) mass is 368 g/mol. The largest absolute Gasteiger partial charge is 0.356 e. The lowest BCUT2D eigenvalue weighted by Gasteiger charge is -2.19. The first-order valence-electron chi connectivity index (χ1n) is 9.08. The number of aliphatic imine (C=N–C) groups is 1. The molecule has 0 aliphatic heterocycles. The van der Waals surface area contributed by atoms with Crippen LogP contribution in [0.5, 0.6) is 0 Å². The number of guanidine groups is 1. The van der Waals surface area contributed by atoms with E-state index in [0.717, 1.165) is 24.0 Å². The fraction of sp³-hybridized carbons (Fsp3) is 0.333. The molecule has 1 amide bonds. The molecule has 2 aromatic rings. The smallest absolute Gasteiger partial charge is 0.251 e. The normalized spacial score (nSPS) is 15.1. The Morgan fingerprint density at radius 3 is 2.48 bits per heavy atom. The number of hydrogen-bond acceptors (Lipinski definition) is 2. The Morgan fingerprint density at radius 1 is 1.15 bits per heavy atom. The zero-order valence-corrected chi connectivity index (χ0v) is 15.7. The Hall–Kier alpha value is -2.89. The van der Waals surface area contributed by atoms with Crippen LogP contribution in [-0.4, -0.2) is 32.5 Å². The molecule has 2 aromatic carbocycles. The second-order valence-corrected chi connectivity index (χ2v) is 6.85. The quantitative estimate of drug-likeness (QED) is 0.542. The number of nitrogens with one attached hydrogen (secondary N) is 3. The topological polar surface area (TPSA) is 65.5 Å². The minimum absolute atomic E-state index is 0.00508. The van der Waals surface area contributed by atoms with Gasteiger partial charge >= 0.3 is 0 Å². The number of hydrogen-bond donors (Lipinski definition) is 3. The molecule has 27 heavy (non-hydrogen) atoms. The van der Waals surface area contributed by atoms with E-state index in [1.807, 2.05) is 18.2 Å². The SMILES string of the molecule is CN=C(NCc1ccc(C(=O)NC)cc1)NCC1(c2cccc(F)c2)CC1. The lowest BCUT2D eigenvalue weighted by Crippen LogP contribution is -2.40. The fourth-order valence-electron chi connectivity index (χ4n) is 3.11. The first-order chi connectivity index (χ1) is 13.1. The molecule has 5 nitrogen and oxygen atoms in total. The lowest BCUT2D eigenvalue weighted by atomic mass is 9.96. The molecule has 1 aliphatic carbocycles. The maximum Gasteiger partial charge on any atom is 0.251 e. The average molecular weight is 368 g/mol. The molecule has 0 atom stereocenters. The van der Waals surface area contributed by atoms with E-state index in [-0.39, 0.29) is 17.1 Å². The van der Waals surface area contributed by atoms with Crippen LogP contribution in [0.3, 0.4) is 0 Å². The van der Waals surface area contributed by atoms with Crippen LogP contribution in [0.1, 0.15) is 34.3 Å². The van der Waals surface area contributed by atoms with Gasteiger partial charge in [-0.2, -0.15) is 0 Å². The maximum atomic E-state index is 13.5. The molecular weight excluding hydrogens is 343 g/mol. The summed E-state index contributed by atoms with van der Waals surface area (Å²) < 4.78 is 13.5. The van der Waals surface area contributed by atoms with Crippen molar-refractivity contribution in [3.05, 3.63) is 71.0 Å². The predicted octanol–water partition coefficient (Wildman–Crippen LogP) is 2.58. The van der Waals surface area contributed by atoms with E-state index in [4.69, 9.17) is 0 Å². The second-order valence-electron chi connectivity index (χ2n) is 6.85. The molecule has 1 saturated carbocycles. The number of amides is 1. The van der Waals surface area contributed by atoms with Crippen molar-refractivity contribution >= 4 is 11.9 Å². The molecule has 3 rings (SSSR count). The Bertz CT molecular complexity index is 828. The predicted molar refractivity (Wildman–Crippen MR) is 105 cm³/mol. The van der Waals surface area contributed by atoms with E-state index in [1.165, 1.54) is 6.07 Å². The molecule has 0 bridgehead atoms. The molecular formula is C21H25FN4O. The number of rotatable bonds is 6. The van der Waals surface area contributed by atoms with Gasteiger partial charge in [0, 0.05) is 38.2 Å². The van der Waals surface area contributed by atoms with E-state index in [9.17, 15) is 9.18 Å². The van der Waals surface area contributed by atoms with Gasteiger partial charge in [0.25, 0.3) is 5.91 Å². The van der Waals surface area contributed by atoms with Gasteiger partial charge in [-0.25, -0.2) is 4.39 Å². The fourth-order valence-corrected chi connectivity index (χ4v) is 3.11. The summed E-state index contributed by atoms with van der Waals surface area (Å²) in [6, 6.07) is 14.3. The third-order valence-electron chi connectivity index (χ3n) is 5.01. The van der Waals surface area contributed by atoms with Gasteiger partial charge < -0.3 is 16.0 Å². The summed E-state index contributed by atoms with van der Waals surface area (Å²) in [6.45, 7) is 1.31. The lowest BCUT2D eigenvalue weighted by molar-refractivity contribution is 0.0963. The standard InChI is InChI=1S/C21H25FN4O/c1-23-19(27)16-8-6-15(7-9-16)13-25-20(24-2)26-14-21(10-11-21)17-4-3-5-18(22)12-17/h3-9,12H,10-11,13-14H2,1-2H3,(H,23,27)(H2,24,25,26). The third-order valence-corrected chi connectivity index (χ3v) is 5.01. The number of benzene rings is 2. The van der Waals surface area contributed by atoms with Gasteiger partial charge in [0.1, 0.15) is 5.82 Å². The number of nitrogens with zero attached hydrogens (tertiary/aromatic N) is 1. The summed E-state index contributed by atoms with van der Waals surface area (Å²) in [6.07, 6.45) is 2.09. The molecule has 3 N–H and O–H groups in total. The summed E-state index contributed by atoms with van der Waals surface area (Å²) in [5.74, 6) is 0.411. The highest BCUT2D eigenvalue weighted by atomic mass is 19.1. The van der Waals surface area contributed by atoms with Gasteiger partial charge in [-0.15, -0.1) is 0 Å². The van der Waals surface area contributed by atoms with Crippen LogP contribution in [0, 0.1) is 5.82 Å². The van der Waals surface area contributed by atoms with Crippen molar-refractivity contribution < 1.29 is 9.18 Å². The van der Waals surface area contributed by atoms with Crippen molar-refractivity contribution in [1.82, 2.24) is 16.0 Å². The maximum absolute atomic E-state index is 13.5. The van der Waals surface area contributed by atoms with Crippen LogP contribution in [-0.2, 0) is 12.0 Å². The van der Waals surface area contributed by atoms with Crippen molar-refractivity contribution in [1.29, 1.82) is 0 Å². The molecule has 142 valence electrons. The molecule has 6 heteroatoms. The van der Waals surface area contributed by atoms with Gasteiger partial charge in [-0.1, -0.05) is 24.3 Å². The van der Waals surface area contributed by atoms with Crippen LogP contribution < -0.4 is 16.0 Å². The van der Waals surface area contributed by atoms with Crippen LogP contribution in [0.15, 0.2) is 53.5 Å². The van der Waals surface area contributed by atoms with Gasteiger partial charge in [0.05, 0.1) is 0 Å². The van der Waals surface area contributed by atoms with E-state index >= 15 is 0 Å². The molecule has 1 fully saturated rings. The van der Waals surface area contributed by atoms with Crippen molar-refractivity contribution in [2.45, 2.75) is 24.8 Å². The summed E-state index contributed by atoms with van der Waals surface area (Å²) in [5, 5.41) is 9.23. The van der Waals surface area contributed by atoms with E-state index in [1.54, 1.807) is 38.4 Å². The van der Waals surface area contributed by atoms with Gasteiger partial charge in [0.15, 0.2) is 5.96 Å². The summed E-state index contributed by atoms with van der Waals surface area (Å²) >= 11 is 0. The third kappa shape index (κ3) is 4.64. The first-order valence-corrected chi connectivity index (χ1v) is 9.08. The van der Waals surface area contributed by atoms with Crippen molar-refractivity contribution in [3.63, 3.8) is 0 Å². The second kappa shape index (κ2) is 8.20. The molecule has 0 aromatic heterocycles. The Labute approximate surface area is 159 Å². The first kappa shape index (κ1) is 18.9. The Kier molecular flexibility index (Phi) is 5.74. The zero-order valence-electron chi connectivity index (χ0n) is 15.7. The molecule has 1 aliphatic rings. The summed E-state index contributed by atoms with van der Waals surface area (Å²) in [5.41, 5.74) is 2.72. The van der Waals surface area contributed by atoms with Gasteiger partial charge in [-0.05, 0) is 48.2 Å². The molecule has 0 saturated heterocycles. The molecule has 0 heterocycles. The molecule has 0 unspecified atom stereocenters. The number of carbonyl (C=O) groups is 1. The zero-order chi connectivity index (χ0) is 19.3. The van der Waals surface area contributed by atoms with E-state index in [0.29, 0.717) is 24.6 Å². The van der Waals surface area contributed by atoms with Crippen molar-refractivity contribution in [2.24, 2.45) is 4.99 Å². The van der Waals surface area contributed by atoms with Gasteiger partial charge in [0.2, 0.25) is 0 Å². The number of carbonyl (C=O) groups excluding carboxylic acids is 1. The van der Waals surface area contributed by atoms with Crippen LogP contribution in [0.2, 0.25) is 0 Å².